The van der Waals surface area contributed by atoms with Crippen molar-refractivity contribution >= 4 is 21.6 Å². The van der Waals surface area contributed by atoms with Crippen LogP contribution in [-0.4, -0.2) is 56.2 Å². The molecule has 0 aliphatic carbocycles. The zero-order chi connectivity index (χ0) is 24.5. The molecule has 2 aromatic rings. The Morgan fingerprint density at radius 1 is 1.26 bits per heavy atom. The van der Waals surface area contributed by atoms with Crippen LogP contribution in [0.3, 0.4) is 0 Å². The van der Waals surface area contributed by atoms with Gasteiger partial charge in [0.05, 0.1) is 11.5 Å². The molecule has 34 heavy (non-hydrogen) atoms. The van der Waals surface area contributed by atoms with Gasteiger partial charge in [0.2, 0.25) is 15.7 Å². The summed E-state index contributed by atoms with van der Waals surface area (Å²) in [6, 6.07) is 5.90. The van der Waals surface area contributed by atoms with Crippen molar-refractivity contribution in [2.75, 3.05) is 31.3 Å². The van der Waals surface area contributed by atoms with Gasteiger partial charge in [-0.3, -0.25) is 4.79 Å². The molecule has 2 N–H and O–H groups in total. The molecule has 0 aromatic carbocycles. The molecule has 2 aromatic heterocycles. The van der Waals surface area contributed by atoms with E-state index in [9.17, 15) is 13.2 Å². The van der Waals surface area contributed by atoms with Crippen molar-refractivity contribution in [2.45, 2.75) is 55.5 Å². The molecule has 0 radical (unpaired) electrons. The number of pyridine rings is 2. The lowest BCUT2D eigenvalue weighted by molar-refractivity contribution is 0.0489. The number of nitrogens with zero attached hydrogens (tertiary/aromatic N) is 3. The zero-order valence-corrected chi connectivity index (χ0v) is 20.7. The summed E-state index contributed by atoms with van der Waals surface area (Å²) in [4.78, 5) is 23.0. The van der Waals surface area contributed by atoms with Gasteiger partial charge in [-0.2, -0.15) is 0 Å². The van der Waals surface area contributed by atoms with Crippen molar-refractivity contribution < 1.29 is 22.7 Å². The number of carbonyl (C=O) groups excluding carboxylic acids is 1. The highest BCUT2D eigenvalue weighted by molar-refractivity contribution is 7.91. The highest BCUT2D eigenvalue weighted by atomic mass is 32.2. The number of hydrogen-bond acceptors (Lipinski definition) is 8. The van der Waals surface area contributed by atoms with E-state index in [1.54, 1.807) is 12.1 Å². The van der Waals surface area contributed by atoms with Crippen molar-refractivity contribution in [3.8, 4) is 5.88 Å². The molecule has 2 aliphatic rings. The van der Waals surface area contributed by atoms with Gasteiger partial charge in [-0.25, -0.2) is 18.4 Å². The summed E-state index contributed by atoms with van der Waals surface area (Å²) in [5.74, 6) is 0.367. The molecule has 0 spiro atoms. The number of ether oxygens (including phenoxy) is 2. The van der Waals surface area contributed by atoms with Gasteiger partial charge in [0.15, 0.2) is 5.03 Å². The van der Waals surface area contributed by atoms with E-state index < -0.39 is 15.7 Å². The summed E-state index contributed by atoms with van der Waals surface area (Å²) < 4.78 is 38.4. The molecule has 1 amide bonds. The largest absolute Gasteiger partial charge is 0.477 e. The summed E-state index contributed by atoms with van der Waals surface area (Å²) >= 11 is 0. The van der Waals surface area contributed by atoms with Gasteiger partial charge >= 0.3 is 0 Å². The minimum Gasteiger partial charge on any atom is -0.477 e. The zero-order valence-electron chi connectivity index (χ0n) is 19.9. The summed E-state index contributed by atoms with van der Waals surface area (Å²) in [6.45, 7) is 8.69. The monoisotopic (exact) mass is 488 g/mol. The third kappa shape index (κ3) is 4.88. The number of aromatic nitrogens is 2. The molecule has 9 nitrogen and oxygen atoms in total. The number of anilines is 1. The van der Waals surface area contributed by atoms with E-state index in [0.29, 0.717) is 38.2 Å². The van der Waals surface area contributed by atoms with Gasteiger partial charge < -0.3 is 20.1 Å². The van der Waals surface area contributed by atoms with Crippen molar-refractivity contribution in [1.29, 1.82) is 0 Å². The van der Waals surface area contributed by atoms with Crippen LogP contribution >= 0.6 is 0 Å². The highest BCUT2D eigenvalue weighted by Gasteiger charge is 2.40. The van der Waals surface area contributed by atoms with Gasteiger partial charge in [-0.05, 0) is 57.1 Å². The van der Waals surface area contributed by atoms with Gasteiger partial charge in [0.1, 0.15) is 11.4 Å². The highest BCUT2D eigenvalue weighted by Crippen LogP contribution is 2.39. The molecule has 4 rings (SSSR count). The maximum Gasteiger partial charge on any atom is 0.253 e. The SMILES string of the molecule is CC1CN(c2nccc(S(=O)(=O)c3cccc(OCC4CCOCC4)n3)c2C(N)=O)C(C)(C)C1. The Balaban J connectivity index is 1.68. The molecular weight excluding hydrogens is 456 g/mol. The van der Waals surface area contributed by atoms with Gasteiger partial charge in [-0.15, -0.1) is 0 Å². The van der Waals surface area contributed by atoms with E-state index in [1.165, 1.54) is 18.3 Å². The summed E-state index contributed by atoms with van der Waals surface area (Å²) in [5.41, 5.74) is 5.31. The first-order chi connectivity index (χ1) is 16.1. The third-order valence-corrected chi connectivity index (χ3v) is 8.24. The van der Waals surface area contributed by atoms with Crippen molar-refractivity contribution in [3.63, 3.8) is 0 Å². The lowest BCUT2D eigenvalue weighted by Crippen LogP contribution is -2.40. The predicted octanol–water partition coefficient (Wildman–Crippen LogP) is 2.84. The lowest BCUT2D eigenvalue weighted by Gasteiger charge is -2.33. The second-order valence-electron chi connectivity index (χ2n) is 9.79. The predicted molar refractivity (Wildman–Crippen MR) is 127 cm³/mol. The number of amides is 1. The molecule has 2 fully saturated rings. The smallest absolute Gasteiger partial charge is 0.253 e. The molecule has 10 heteroatoms. The first-order valence-corrected chi connectivity index (χ1v) is 13.1. The van der Waals surface area contributed by atoms with E-state index in [4.69, 9.17) is 15.2 Å². The van der Waals surface area contributed by atoms with E-state index in [1.807, 2.05) is 18.7 Å². The van der Waals surface area contributed by atoms with E-state index in [0.717, 1.165) is 19.3 Å². The van der Waals surface area contributed by atoms with E-state index >= 15 is 0 Å². The molecule has 1 unspecified atom stereocenters. The first-order valence-electron chi connectivity index (χ1n) is 11.6. The second kappa shape index (κ2) is 9.50. The van der Waals surface area contributed by atoms with Crippen LogP contribution in [0, 0.1) is 11.8 Å². The van der Waals surface area contributed by atoms with Crippen LogP contribution in [0.5, 0.6) is 5.88 Å². The topological polar surface area (TPSA) is 125 Å². The minimum absolute atomic E-state index is 0.111. The van der Waals surface area contributed by atoms with Crippen LogP contribution in [0.1, 0.15) is 50.4 Å². The molecule has 2 aliphatic heterocycles. The fraction of sp³-hybridized carbons (Fsp3) is 0.542. The molecule has 2 saturated heterocycles. The Morgan fingerprint density at radius 2 is 2.00 bits per heavy atom. The summed E-state index contributed by atoms with van der Waals surface area (Å²) in [7, 11) is -4.16. The van der Waals surface area contributed by atoms with Gasteiger partial charge in [0, 0.05) is 37.6 Å². The molecule has 0 bridgehead atoms. The second-order valence-corrected chi connectivity index (χ2v) is 11.7. The van der Waals surface area contributed by atoms with Crippen LogP contribution in [0.2, 0.25) is 0 Å². The molecule has 184 valence electrons. The van der Waals surface area contributed by atoms with E-state index in [2.05, 4.69) is 16.9 Å². The Hall–Kier alpha value is -2.72. The van der Waals surface area contributed by atoms with Crippen LogP contribution in [0.15, 0.2) is 40.4 Å². The van der Waals surface area contributed by atoms with Crippen molar-refractivity contribution in [2.24, 2.45) is 17.6 Å². The first kappa shape index (κ1) is 24.4. The Morgan fingerprint density at radius 3 is 2.65 bits per heavy atom. The maximum atomic E-state index is 13.6. The van der Waals surface area contributed by atoms with E-state index in [-0.39, 0.29) is 32.7 Å². The van der Waals surface area contributed by atoms with Crippen LogP contribution in [-0.2, 0) is 14.6 Å². The average molecular weight is 489 g/mol. The number of primary amides is 1. The number of hydrogen-bond donors (Lipinski definition) is 1. The minimum atomic E-state index is -4.16. The Kier molecular flexibility index (Phi) is 6.82. The standard InChI is InChI=1S/C24H32N4O5S/c1-16-13-24(2,3)28(14-16)23-21(22(25)29)18(7-10-26-23)34(30,31)20-6-4-5-19(27-20)33-15-17-8-11-32-12-9-17/h4-7,10,16-17H,8-9,11-15H2,1-3H3,(H2,25,29). The average Bonchev–Trinajstić information content (AvgIpc) is 3.09. The Bertz CT molecular complexity index is 1160. The van der Waals surface area contributed by atoms with Crippen molar-refractivity contribution in [1.82, 2.24) is 9.97 Å². The maximum absolute atomic E-state index is 13.6. The number of carbonyl (C=O) groups is 1. The van der Waals surface area contributed by atoms with Crippen molar-refractivity contribution in [3.05, 3.63) is 36.0 Å². The molecule has 0 saturated carbocycles. The fourth-order valence-corrected chi connectivity index (χ4v) is 6.30. The Labute approximate surface area is 200 Å². The lowest BCUT2D eigenvalue weighted by atomic mass is 9.97. The van der Waals surface area contributed by atoms with Crippen LogP contribution < -0.4 is 15.4 Å². The molecular formula is C24H32N4O5S. The number of rotatable bonds is 7. The van der Waals surface area contributed by atoms with Crippen LogP contribution in [0.4, 0.5) is 5.82 Å². The molecule has 4 heterocycles. The number of nitrogens with two attached hydrogens (primary N) is 1. The normalized spacial score (nSPS) is 20.9. The fourth-order valence-electron chi connectivity index (χ4n) is 4.91. The van der Waals surface area contributed by atoms with Gasteiger partial charge in [-0.1, -0.05) is 13.0 Å². The number of sulfone groups is 1. The van der Waals surface area contributed by atoms with Crippen LogP contribution in [0.25, 0.3) is 0 Å². The summed E-state index contributed by atoms with van der Waals surface area (Å²) in [6.07, 6.45) is 4.08. The van der Waals surface area contributed by atoms with Gasteiger partial charge in [0.25, 0.3) is 5.91 Å². The summed E-state index contributed by atoms with van der Waals surface area (Å²) in [5, 5.41) is -0.203. The third-order valence-electron chi connectivity index (χ3n) is 6.54. The molecule has 1 atom stereocenters. The quantitative estimate of drug-likeness (QED) is 0.631.